The summed E-state index contributed by atoms with van der Waals surface area (Å²) in [5, 5.41) is 0. The molecule has 1 aromatic carbocycles. The summed E-state index contributed by atoms with van der Waals surface area (Å²) in [6.07, 6.45) is 4.06. The van der Waals surface area contributed by atoms with Gasteiger partial charge in [-0.2, -0.15) is 0 Å². The molecule has 2 unspecified atom stereocenters. The molecular formula is C14H19NO. The van der Waals surface area contributed by atoms with E-state index in [1.54, 1.807) is 0 Å². The third kappa shape index (κ3) is 1.57. The molecule has 1 fully saturated rings. The van der Waals surface area contributed by atoms with Gasteiger partial charge in [-0.25, -0.2) is 0 Å². The van der Waals surface area contributed by atoms with Crippen LogP contribution in [0, 0.1) is 0 Å². The van der Waals surface area contributed by atoms with Crippen LogP contribution in [0.5, 0.6) is 0 Å². The maximum atomic E-state index is 5.68. The summed E-state index contributed by atoms with van der Waals surface area (Å²) < 4.78 is 5.68. The number of fused-ring (bicyclic) bond motifs is 3. The van der Waals surface area contributed by atoms with Crippen molar-refractivity contribution in [2.75, 3.05) is 20.2 Å². The zero-order chi connectivity index (χ0) is 11.0. The zero-order valence-electron chi connectivity index (χ0n) is 9.86. The Morgan fingerprint density at radius 3 is 3.00 bits per heavy atom. The summed E-state index contributed by atoms with van der Waals surface area (Å²) in [6.45, 7) is 2.43. The topological polar surface area (TPSA) is 12.5 Å². The molecule has 0 bridgehead atoms. The van der Waals surface area contributed by atoms with Crippen molar-refractivity contribution in [1.29, 1.82) is 0 Å². The third-order valence-corrected chi connectivity index (χ3v) is 4.02. The second-order valence-corrected chi connectivity index (χ2v) is 4.85. The lowest BCUT2D eigenvalue weighted by Gasteiger charge is -2.44. The van der Waals surface area contributed by atoms with E-state index < -0.39 is 0 Å². The fourth-order valence-corrected chi connectivity index (χ4v) is 3.24. The molecule has 0 amide bonds. The number of rotatable bonds is 1. The van der Waals surface area contributed by atoms with Crippen molar-refractivity contribution < 1.29 is 4.74 Å². The second kappa shape index (κ2) is 4.19. The molecule has 0 spiro atoms. The molecule has 3 rings (SSSR count). The smallest absolute Gasteiger partial charge is 0.0768 e. The first kappa shape index (κ1) is 10.3. The molecule has 2 atom stereocenters. The Labute approximate surface area is 97.2 Å². The van der Waals surface area contributed by atoms with Crippen molar-refractivity contribution in [3.05, 3.63) is 35.4 Å². The zero-order valence-corrected chi connectivity index (χ0v) is 9.86. The summed E-state index contributed by atoms with van der Waals surface area (Å²) in [4.78, 5) is 2.60. The number of hydrogen-bond acceptors (Lipinski definition) is 2. The molecule has 0 aliphatic carbocycles. The van der Waals surface area contributed by atoms with E-state index in [9.17, 15) is 0 Å². The number of nitrogens with zero attached hydrogens (tertiary/aromatic N) is 1. The fraction of sp³-hybridized carbons (Fsp3) is 0.571. The molecule has 2 aliphatic heterocycles. The summed E-state index contributed by atoms with van der Waals surface area (Å²) in [7, 11) is 1.85. The second-order valence-electron chi connectivity index (χ2n) is 4.85. The molecule has 0 N–H and O–H groups in total. The normalized spacial score (nSPS) is 29.6. The molecule has 0 radical (unpaired) electrons. The monoisotopic (exact) mass is 217 g/mol. The highest BCUT2D eigenvalue weighted by molar-refractivity contribution is 5.33. The summed E-state index contributed by atoms with van der Waals surface area (Å²) in [6, 6.07) is 9.36. The minimum atomic E-state index is 0.384. The Morgan fingerprint density at radius 1 is 1.25 bits per heavy atom. The third-order valence-electron chi connectivity index (χ3n) is 4.02. The predicted molar refractivity (Wildman–Crippen MR) is 64.5 cm³/mol. The van der Waals surface area contributed by atoms with Gasteiger partial charge in [-0.15, -0.1) is 0 Å². The van der Waals surface area contributed by atoms with Gasteiger partial charge in [0, 0.05) is 13.7 Å². The van der Waals surface area contributed by atoms with Crippen LogP contribution in [-0.2, 0) is 11.2 Å². The molecule has 1 aromatic rings. The van der Waals surface area contributed by atoms with Crippen LogP contribution in [0.4, 0.5) is 0 Å². The van der Waals surface area contributed by atoms with Crippen molar-refractivity contribution in [2.45, 2.75) is 31.4 Å². The van der Waals surface area contributed by atoms with Crippen molar-refractivity contribution in [3.8, 4) is 0 Å². The highest BCUT2D eigenvalue weighted by Gasteiger charge is 2.36. The molecule has 0 aromatic heterocycles. The molecule has 0 saturated carbocycles. The maximum absolute atomic E-state index is 5.68. The first-order valence-corrected chi connectivity index (χ1v) is 6.25. The average molecular weight is 217 g/mol. The van der Waals surface area contributed by atoms with E-state index in [0.717, 1.165) is 0 Å². The van der Waals surface area contributed by atoms with Gasteiger partial charge < -0.3 is 4.74 Å². The minimum absolute atomic E-state index is 0.384. The standard InChI is InChI=1S/C14H19NO/c1-16-13-7-4-9-15-10-8-11-5-2-3-6-12(11)14(13)15/h2-3,5-6,13-14H,4,7-10H2,1H3. The van der Waals surface area contributed by atoms with Crippen molar-refractivity contribution in [1.82, 2.24) is 4.90 Å². The fourth-order valence-electron chi connectivity index (χ4n) is 3.24. The SMILES string of the molecule is COC1CCCN2CCc3ccccc3C12. The number of benzene rings is 1. The van der Waals surface area contributed by atoms with E-state index in [1.165, 1.54) is 43.5 Å². The Hall–Kier alpha value is -0.860. The largest absolute Gasteiger partial charge is 0.379 e. The van der Waals surface area contributed by atoms with Crippen LogP contribution in [0.1, 0.15) is 30.0 Å². The van der Waals surface area contributed by atoms with E-state index in [4.69, 9.17) is 4.74 Å². The summed E-state index contributed by atoms with van der Waals surface area (Å²) >= 11 is 0. The van der Waals surface area contributed by atoms with Crippen molar-refractivity contribution >= 4 is 0 Å². The van der Waals surface area contributed by atoms with Gasteiger partial charge in [-0.05, 0) is 36.9 Å². The Balaban J connectivity index is 2.00. The van der Waals surface area contributed by atoms with Gasteiger partial charge in [-0.3, -0.25) is 4.90 Å². The van der Waals surface area contributed by atoms with Crippen LogP contribution in [0.2, 0.25) is 0 Å². The van der Waals surface area contributed by atoms with E-state index in [0.29, 0.717) is 12.1 Å². The summed E-state index contributed by atoms with van der Waals surface area (Å²) in [5.41, 5.74) is 3.02. The van der Waals surface area contributed by atoms with Crippen LogP contribution in [-0.4, -0.2) is 31.2 Å². The quantitative estimate of drug-likeness (QED) is 0.716. The van der Waals surface area contributed by atoms with Crippen LogP contribution >= 0.6 is 0 Å². The van der Waals surface area contributed by atoms with E-state index >= 15 is 0 Å². The maximum Gasteiger partial charge on any atom is 0.0768 e. The molecule has 16 heavy (non-hydrogen) atoms. The summed E-state index contributed by atoms with van der Waals surface area (Å²) in [5.74, 6) is 0. The highest BCUT2D eigenvalue weighted by atomic mass is 16.5. The van der Waals surface area contributed by atoms with Gasteiger partial charge >= 0.3 is 0 Å². The van der Waals surface area contributed by atoms with Gasteiger partial charge in [-0.1, -0.05) is 24.3 Å². The highest BCUT2D eigenvalue weighted by Crippen LogP contribution is 2.37. The Morgan fingerprint density at radius 2 is 2.12 bits per heavy atom. The predicted octanol–water partition coefficient (Wildman–Crippen LogP) is 2.39. The van der Waals surface area contributed by atoms with Gasteiger partial charge in [0.15, 0.2) is 0 Å². The number of hydrogen-bond donors (Lipinski definition) is 0. The van der Waals surface area contributed by atoms with Gasteiger partial charge in [0.1, 0.15) is 0 Å². The lowest BCUT2D eigenvalue weighted by Crippen LogP contribution is -2.46. The van der Waals surface area contributed by atoms with Crippen LogP contribution in [0.25, 0.3) is 0 Å². The van der Waals surface area contributed by atoms with Crippen molar-refractivity contribution in [2.24, 2.45) is 0 Å². The molecule has 2 aliphatic rings. The first-order valence-electron chi connectivity index (χ1n) is 6.25. The minimum Gasteiger partial charge on any atom is -0.379 e. The lowest BCUT2D eigenvalue weighted by molar-refractivity contribution is -0.0242. The van der Waals surface area contributed by atoms with Gasteiger partial charge in [0.05, 0.1) is 12.1 Å². The molecular weight excluding hydrogens is 198 g/mol. The number of methoxy groups -OCH3 is 1. The van der Waals surface area contributed by atoms with E-state index in [-0.39, 0.29) is 0 Å². The molecule has 1 saturated heterocycles. The molecule has 2 heterocycles. The molecule has 2 heteroatoms. The van der Waals surface area contributed by atoms with Crippen molar-refractivity contribution in [3.63, 3.8) is 0 Å². The van der Waals surface area contributed by atoms with E-state index in [1.807, 2.05) is 7.11 Å². The van der Waals surface area contributed by atoms with Crippen LogP contribution < -0.4 is 0 Å². The number of ether oxygens (including phenoxy) is 1. The average Bonchev–Trinajstić information content (AvgIpc) is 2.37. The van der Waals surface area contributed by atoms with Crippen LogP contribution in [0.3, 0.4) is 0 Å². The lowest BCUT2D eigenvalue weighted by atomic mass is 9.85. The Kier molecular flexibility index (Phi) is 2.70. The van der Waals surface area contributed by atoms with Crippen LogP contribution in [0.15, 0.2) is 24.3 Å². The molecule has 2 nitrogen and oxygen atoms in total. The first-order chi connectivity index (χ1) is 7.90. The molecule has 86 valence electrons. The van der Waals surface area contributed by atoms with E-state index in [2.05, 4.69) is 29.2 Å². The Bertz CT molecular complexity index is 377. The number of piperidine rings is 1. The van der Waals surface area contributed by atoms with Gasteiger partial charge in [0.2, 0.25) is 0 Å². The van der Waals surface area contributed by atoms with Gasteiger partial charge in [0.25, 0.3) is 0 Å².